The Morgan fingerprint density at radius 3 is 2.78 bits per heavy atom. The van der Waals surface area contributed by atoms with Crippen LogP contribution < -0.4 is 11.1 Å². The molecule has 2 rings (SSSR count). The van der Waals surface area contributed by atoms with Gasteiger partial charge < -0.3 is 11.1 Å². The molecule has 0 radical (unpaired) electrons. The van der Waals surface area contributed by atoms with Crippen molar-refractivity contribution >= 4 is 23.4 Å². The summed E-state index contributed by atoms with van der Waals surface area (Å²) in [6, 6.07) is 0. The topological polar surface area (TPSA) is 72.9 Å². The Balaban J connectivity index is 1.95. The quantitative estimate of drug-likeness (QED) is 0.863. The van der Waals surface area contributed by atoms with E-state index in [-0.39, 0.29) is 5.91 Å². The van der Waals surface area contributed by atoms with Crippen molar-refractivity contribution in [2.75, 3.05) is 23.8 Å². The predicted octanol–water partition coefficient (Wildman–Crippen LogP) is 1.18. The molecule has 0 saturated carbocycles. The van der Waals surface area contributed by atoms with Crippen LogP contribution in [0.3, 0.4) is 0 Å². The number of nitrogen functional groups attached to an aromatic ring is 1. The number of rotatable bonds is 3. The number of hydrogen-bond acceptors (Lipinski definition) is 4. The first-order chi connectivity index (χ1) is 8.59. The predicted molar refractivity (Wildman–Crippen MR) is 74.7 cm³/mol. The van der Waals surface area contributed by atoms with Crippen LogP contribution in [0.5, 0.6) is 0 Å². The zero-order valence-corrected chi connectivity index (χ0v) is 11.7. The van der Waals surface area contributed by atoms with Gasteiger partial charge in [-0.1, -0.05) is 0 Å². The van der Waals surface area contributed by atoms with Gasteiger partial charge in [-0.15, -0.1) is 0 Å². The molecule has 18 heavy (non-hydrogen) atoms. The maximum absolute atomic E-state index is 12.1. The molecule has 1 amide bonds. The van der Waals surface area contributed by atoms with Gasteiger partial charge >= 0.3 is 0 Å². The van der Waals surface area contributed by atoms with E-state index in [2.05, 4.69) is 10.4 Å². The van der Waals surface area contributed by atoms with Gasteiger partial charge in [-0.05, 0) is 37.2 Å². The molecular weight excluding hydrogens is 248 g/mol. The third-order valence-corrected chi connectivity index (χ3v) is 4.42. The van der Waals surface area contributed by atoms with E-state index in [0.717, 1.165) is 6.54 Å². The van der Waals surface area contributed by atoms with Crippen molar-refractivity contribution in [2.45, 2.75) is 19.8 Å². The summed E-state index contributed by atoms with van der Waals surface area (Å²) in [6.07, 6.45) is 2.37. The fourth-order valence-corrected chi connectivity index (χ4v) is 3.42. The maximum atomic E-state index is 12.1. The van der Waals surface area contributed by atoms with Crippen molar-refractivity contribution in [1.29, 1.82) is 0 Å². The number of nitrogens with two attached hydrogens (primary N) is 1. The molecule has 0 aliphatic carbocycles. The molecule has 0 spiro atoms. The second kappa shape index (κ2) is 5.65. The minimum atomic E-state index is -0.117. The molecule has 0 bridgehead atoms. The standard InChI is InChI=1S/C12H20N4OS/c1-8-10(13)11(16(2)15-8)12(17)14-7-9-3-5-18-6-4-9/h9H,3-7,13H2,1-2H3,(H,14,17). The Kier molecular flexibility index (Phi) is 4.16. The second-order valence-corrected chi connectivity index (χ2v) is 5.96. The van der Waals surface area contributed by atoms with Crippen LogP contribution in [0, 0.1) is 12.8 Å². The number of anilines is 1. The number of thioether (sulfide) groups is 1. The van der Waals surface area contributed by atoms with Crippen LogP contribution in [0.4, 0.5) is 5.69 Å². The van der Waals surface area contributed by atoms with Crippen LogP contribution in [0.25, 0.3) is 0 Å². The van der Waals surface area contributed by atoms with Crippen molar-refractivity contribution in [3.8, 4) is 0 Å². The van der Waals surface area contributed by atoms with Crippen molar-refractivity contribution < 1.29 is 4.79 Å². The monoisotopic (exact) mass is 268 g/mol. The van der Waals surface area contributed by atoms with Gasteiger partial charge in [0.05, 0.1) is 11.4 Å². The normalized spacial score (nSPS) is 16.8. The molecular formula is C12H20N4OS. The lowest BCUT2D eigenvalue weighted by Gasteiger charge is -2.21. The van der Waals surface area contributed by atoms with Crippen molar-refractivity contribution in [3.63, 3.8) is 0 Å². The van der Waals surface area contributed by atoms with Crippen LogP contribution in [0.2, 0.25) is 0 Å². The molecule has 1 aromatic rings. The van der Waals surface area contributed by atoms with Crippen LogP contribution in [0.15, 0.2) is 0 Å². The maximum Gasteiger partial charge on any atom is 0.271 e. The number of amides is 1. The summed E-state index contributed by atoms with van der Waals surface area (Å²) in [5.41, 5.74) is 7.52. The van der Waals surface area contributed by atoms with Gasteiger partial charge in [-0.2, -0.15) is 16.9 Å². The summed E-state index contributed by atoms with van der Waals surface area (Å²) in [7, 11) is 1.75. The molecule has 0 unspecified atom stereocenters. The lowest BCUT2D eigenvalue weighted by Crippen LogP contribution is -2.32. The minimum Gasteiger partial charge on any atom is -0.395 e. The third kappa shape index (κ3) is 2.80. The summed E-state index contributed by atoms with van der Waals surface area (Å²) < 4.78 is 1.55. The zero-order valence-electron chi connectivity index (χ0n) is 10.9. The molecule has 100 valence electrons. The first kappa shape index (κ1) is 13.3. The van der Waals surface area contributed by atoms with Crippen molar-refractivity contribution in [1.82, 2.24) is 15.1 Å². The number of aromatic nitrogens is 2. The summed E-state index contributed by atoms with van der Waals surface area (Å²) in [4.78, 5) is 12.1. The first-order valence-electron chi connectivity index (χ1n) is 6.24. The molecule has 1 saturated heterocycles. The van der Waals surface area contributed by atoms with Gasteiger partial charge in [0, 0.05) is 13.6 Å². The molecule has 1 aliphatic rings. The summed E-state index contributed by atoms with van der Waals surface area (Å²) in [5.74, 6) is 2.89. The van der Waals surface area contributed by atoms with E-state index in [1.54, 1.807) is 11.7 Å². The molecule has 1 fully saturated rings. The molecule has 3 N–H and O–H groups in total. The highest BCUT2D eigenvalue weighted by atomic mass is 32.2. The van der Waals surface area contributed by atoms with Gasteiger partial charge in [-0.3, -0.25) is 9.48 Å². The average molecular weight is 268 g/mol. The highest BCUT2D eigenvalue weighted by Gasteiger charge is 2.20. The van der Waals surface area contributed by atoms with Crippen LogP contribution >= 0.6 is 11.8 Å². The minimum absolute atomic E-state index is 0.117. The van der Waals surface area contributed by atoms with Gasteiger partial charge in [0.25, 0.3) is 5.91 Å². The molecule has 2 heterocycles. The Bertz CT molecular complexity index is 438. The summed E-state index contributed by atoms with van der Waals surface area (Å²) in [6.45, 7) is 2.55. The summed E-state index contributed by atoms with van der Waals surface area (Å²) in [5, 5.41) is 7.13. The third-order valence-electron chi connectivity index (χ3n) is 3.38. The largest absolute Gasteiger partial charge is 0.395 e. The van der Waals surface area contributed by atoms with Crippen molar-refractivity contribution in [2.24, 2.45) is 13.0 Å². The van der Waals surface area contributed by atoms with Crippen molar-refractivity contribution in [3.05, 3.63) is 11.4 Å². The Hall–Kier alpha value is -1.17. The van der Waals surface area contributed by atoms with E-state index in [1.165, 1.54) is 24.3 Å². The lowest BCUT2D eigenvalue weighted by atomic mass is 10.0. The van der Waals surface area contributed by atoms with Crippen LogP contribution in [0.1, 0.15) is 29.0 Å². The number of nitrogens with one attached hydrogen (secondary N) is 1. The number of carbonyl (C=O) groups is 1. The van der Waals surface area contributed by atoms with Crippen LogP contribution in [-0.2, 0) is 7.05 Å². The van der Waals surface area contributed by atoms with E-state index in [9.17, 15) is 4.79 Å². The Morgan fingerprint density at radius 2 is 2.22 bits per heavy atom. The highest BCUT2D eigenvalue weighted by molar-refractivity contribution is 7.99. The lowest BCUT2D eigenvalue weighted by molar-refractivity contribution is 0.0938. The van der Waals surface area contributed by atoms with Crippen LogP contribution in [-0.4, -0.2) is 33.7 Å². The van der Waals surface area contributed by atoms with E-state index in [0.29, 0.717) is 23.0 Å². The SMILES string of the molecule is Cc1nn(C)c(C(=O)NCC2CCSCC2)c1N. The number of hydrogen-bond donors (Lipinski definition) is 2. The molecule has 1 aliphatic heterocycles. The summed E-state index contributed by atoms with van der Waals surface area (Å²) >= 11 is 1.99. The Morgan fingerprint density at radius 1 is 1.56 bits per heavy atom. The van der Waals surface area contributed by atoms with E-state index in [1.807, 2.05) is 18.7 Å². The molecule has 6 heteroatoms. The fourth-order valence-electron chi connectivity index (χ4n) is 2.22. The number of aryl methyl sites for hydroxylation is 2. The smallest absolute Gasteiger partial charge is 0.271 e. The molecule has 0 atom stereocenters. The highest BCUT2D eigenvalue weighted by Crippen LogP contribution is 2.22. The van der Waals surface area contributed by atoms with Gasteiger partial charge in [0.1, 0.15) is 5.69 Å². The van der Waals surface area contributed by atoms with E-state index < -0.39 is 0 Å². The van der Waals surface area contributed by atoms with E-state index in [4.69, 9.17) is 5.73 Å². The molecule has 5 nitrogen and oxygen atoms in total. The number of carbonyl (C=O) groups excluding carboxylic acids is 1. The fraction of sp³-hybridized carbons (Fsp3) is 0.667. The van der Waals surface area contributed by atoms with Gasteiger partial charge in [0.2, 0.25) is 0 Å². The number of nitrogens with zero attached hydrogens (tertiary/aromatic N) is 2. The zero-order chi connectivity index (χ0) is 13.1. The van der Waals surface area contributed by atoms with Gasteiger partial charge in [-0.25, -0.2) is 0 Å². The second-order valence-electron chi connectivity index (χ2n) is 4.74. The molecule has 0 aromatic carbocycles. The first-order valence-corrected chi connectivity index (χ1v) is 7.40. The molecule has 1 aromatic heterocycles. The average Bonchev–Trinajstić information content (AvgIpc) is 2.62. The Labute approximate surface area is 111 Å². The van der Waals surface area contributed by atoms with Gasteiger partial charge in [0.15, 0.2) is 0 Å². The van der Waals surface area contributed by atoms with E-state index >= 15 is 0 Å².